The van der Waals surface area contributed by atoms with E-state index in [1.165, 1.54) is 27.2 Å². The van der Waals surface area contributed by atoms with Crippen LogP contribution in [0.1, 0.15) is 13.8 Å². The van der Waals surface area contributed by atoms with Crippen LogP contribution in [-0.2, 0) is 19.1 Å². The summed E-state index contributed by atoms with van der Waals surface area (Å²) in [5, 5.41) is 17.5. The molecule has 3 N–H and O–H groups in total. The molecule has 0 bridgehead atoms. The van der Waals surface area contributed by atoms with E-state index in [0.29, 0.717) is 11.5 Å². The largest absolute Gasteiger partial charge is 0.497 e. The molecule has 11 heteroatoms. The summed E-state index contributed by atoms with van der Waals surface area (Å²) in [6.07, 6.45) is 0. The quantitative estimate of drug-likeness (QED) is 0.205. The summed E-state index contributed by atoms with van der Waals surface area (Å²) in [4.78, 5) is 35.5. The van der Waals surface area contributed by atoms with Crippen LogP contribution in [0.15, 0.2) is 28.5 Å². The van der Waals surface area contributed by atoms with Crippen LogP contribution in [-0.4, -0.2) is 55.2 Å². The number of oxime groups is 1. The van der Waals surface area contributed by atoms with Gasteiger partial charge < -0.3 is 24.7 Å². The Hall–Kier alpha value is -3.63. The summed E-state index contributed by atoms with van der Waals surface area (Å²) >= 11 is 0. The predicted octanol–water partition coefficient (Wildman–Crippen LogP) is 0.528. The third kappa shape index (κ3) is 5.99. The second kappa shape index (κ2) is 10.4. The number of nitrogens with one attached hydrogen (secondary N) is 2. The Morgan fingerprint density at radius 1 is 1.15 bits per heavy atom. The third-order valence-corrected chi connectivity index (χ3v) is 3.10. The fourth-order valence-corrected chi connectivity index (χ4v) is 1.79. The van der Waals surface area contributed by atoms with Crippen molar-refractivity contribution in [2.45, 2.75) is 13.8 Å². The first-order chi connectivity index (χ1) is 12.9. The van der Waals surface area contributed by atoms with E-state index >= 15 is 0 Å². The first-order valence-electron chi connectivity index (χ1n) is 7.65. The van der Waals surface area contributed by atoms with Gasteiger partial charge in [0.2, 0.25) is 5.71 Å². The van der Waals surface area contributed by atoms with Crippen molar-refractivity contribution < 1.29 is 33.8 Å². The maximum Gasteiger partial charge on any atom is 0.362 e. The average Bonchev–Trinajstić information content (AvgIpc) is 2.66. The molecule has 0 aliphatic carbocycles. The van der Waals surface area contributed by atoms with Crippen LogP contribution in [0.3, 0.4) is 0 Å². The number of amides is 2. The topological polar surface area (TPSA) is 148 Å². The molecule has 2 amide bonds. The first-order valence-corrected chi connectivity index (χ1v) is 7.65. The normalized spacial score (nSPS) is 11.4. The molecule has 0 saturated carbocycles. The minimum absolute atomic E-state index is 0.0578. The zero-order valence-corrected chi connectivity index (χ0v) is 15.2. The molecule has 11 nitrogen and oxygen atoms in total. The molecule has 146 valence electrons. The second-order valence-corrected chi connectivity index (χ2v) is 4.83. The number of benzene rings is 1. The van der Waals surface area contributed by atoms with Crippen LogP contribution in [0, 0.1) is 0 Å². The summed E-state index contributed by atoms with van der Waals surface area (Å²) < 4.78 is 14.8. The molecule has 1 aromatic carbocycles. The minimum atomic E-state index is -1.12. The van der Waals surface area contributed by atoms with E-state index in [2.05, 4.69) is 20.3 Å². The van der Waals surface area contributed by atoms with E-state index < -0.39 is 23.5 Å². The van der Waals surface area contributed by atoms with Crippen LogP contribution in [0.25, 0.3) is 0 Å². The molecule has 0 heterocycles. The van der Waals surface area contributed by atoms with Gasteiger partial charge in [0.25, 0.3) is 0 Å². The molecule has 0 unspecified atom stereocenters. The van der Waals surface area contributed by atoms with Crippen LogP contribution in [0.2, 0.25) is 0 Å². The van der Waals surface area contributed by atoms with Gasteiger partial charge in [0.1, 0.15) is 11.5 Å². The van der Waals surface area contributed by atoms with E-state index in [1.807, 2.05) is 5.43 Å². The van der Waals surface area contributed by atoms with E-state index in [-0.39, 0.29) is 18.0 Å². The zero-order valence-electron chi connectivity index (χ0n) is 15.2. The number of esters is 1. The summed E-state index contributed by atoms with van der Waals surface area (Å²) in [7, 11) is 2.85. The SMILES string of the molecule is CCOC(=O)C(=N\O)/C(C)=N/NC(=O)C(=O)Nc1cc(OC)ccc1OC. The second-order valence-electron chi connectivity index (χ2n) is 4.83. The number of hydrogen-bond acceptors (Lipinski definition) is 9. The number of hydrazone groups is 1. The first kappa shape index (κ1) is 21.4. The Morgan fingerprint density at radius 3 is 2.41 bits per heavy atom. The number of carbonyl (C=O) groups is 3. The zero-order chi connectivity index (χ0) is 20.4. The summed E-state index contributed by atoms with van der Waals surface area (Å²) in [6, 6.07) is 4.64. The number of carbonyl (C=O) groups excluding carboxylic acids is 3. The molecule has 0 fully saturated rings. The van der Waals surface area contributed by atoms with Gasteiger partial charge >= 0.3 is 17.8 Å². The average molecular weight is 380 g/mol. The van der Waals surface area contributed by atoms with Gasteiger partial charge in [-0.3, -0.25) is 9.59 Å². The van der Waals surface area contributed by atoms with Gasteiger partial charge in [0, 0.05) is 6.07 Å². The Morgan fingerprint density at radius 2 is 1.85 bits per heavy atom. The van der Waals surface area contributed by atoms with Crippen molar-refractivity contribution in [1.82, 2.24) is 5.43 Å². The van der Waals surface area contributed by atoms with Crippen molar-refractivity contribution >= 4 is 34.9 Å². The summed E-state index contributed by atoms with van der Waals surface area (Å²) in [5.41, 5.74) is 1.49. The molecule has 0 saturated heterocycles. The third-order valence-electron chi connectivity index (χ3n) is 3.10. The van der Waals surface area contributed by atoms with Crippen molar-refractivity contribution in [3.05, 3.63) is 18.2 Å². The molecule has 1 rings (SSSR count). The maximum absolute atomic E-state index is 12.0. The van der Waals surface area contributed by atoms with E-state index in [0.717, 1.165) is 0 Å². The number of ether oxygens (including phenoxy) is 3. The molecule has 0 radical (unpaired) electrons. The number of nitrogens with zero attached hydrogens (tertiary/aromatic N) is 2. The van der Waals surface area contributed by atoms with Crippen molar-refractivity contribution in [2.75, 3.05) is 26.1 Å². The molecule has 0 atom stereocenters. The number of anilines is 1. The van der Waals surface area contributed by atoms with Crippen molar-refractivity contribution in [2.24, 2.45) is 10.3 Å². The highest BCUT2D eigenvalue weighted by molar-refractivity contribution is 6.65. The van der Waals surface area contributed by atoms with Crippen LogP contribution in [0.5, 0.6) is 11.5 Å². The van der Waals surface area contributed by atoms with Gasteiger partial charge in [-0.25, -0.2) is 10.2 Å². The van der Waals surface area contributed by atoms with Gasteiger partial charge in [-0.1, -0.05) is 5.16 Å². The van der Waals surface area contributed by atoms with Crippen LogP contribution < -0.4 is 20.2 Å². The van der Waals surface area contributed by atoms with Crippen molar-refractivity contribution in [3.8, 4) is 11.5 Å². The molecular weight excluding hydrogens is 360 g/mol. The monoisotopic (exact) mass is 380 g/mol. The van der Waals surface area contributed by atoms with Crippen LogP contribution >= 0.6 is 0 Å². The maximum atomic E-state index is 12.0. The molecule has 0 aliphatic heterocycles. The molecule has 0 aliphatic rings. The lowest BCUT2D eigenvalue weighted by atomic mass is 10.2. The van der Waals surface area contributed by atoms with E-state index in [4.69, 9.17) is 14.7 Å². The van der Waals surface area contributed by atoms with Gasteiger partial charge in [0.05, 0.1) is 32.2 Å². The van der Waals surface area contributed by atoms with Crippen LogP contribution in [0.4, 0.5) is 5.69 Å². The number of methoxy groups -OCH3 is 2. The van der Waals surface area contributed by atoms with Gasteiger partial charge in [-0.2, -0.15) is 5.10 Å². The van der Waals surface area contributed by atoms with Gasteiger partial charge in [-0.05, 0) is 26.0 Å². The molecule has 1 aromatic rings. The molecular formula is C16H20N4O7. The summed E-state index contributed by atoms with van der Waals surface area (Å²) in [6.45, 7) is 2.91. The molecule has 0 aromatic heterocycles. The Labute approximate surface area is 155 Å². The summed E-state index contributed by atoms with van der Waals surface area (Å²) in [5.74, 6) is -2.34. The minimum Gasteiger partial charge on any atom is -0.497 e. The lowest BCUT2D eigenvalue weighted by Crippen LogP contribution is -2.34. The van der Waals surface area contributed by atoms with Gasteiger partial charge in [-0.15, -0.1) is 0 Å². The molecule has 27 heavy (non-hydrogen) atoms. The van der Waals surface area contributed by atoms with E-state index in [9.17, 15) is 14.4 Å². The van der Waals surface area contributed by atoms with Crippen molar-refractivity contribution in [3.63, 3.8) is 0 Å². The highest BCUT2D eigenvalue weighted by Gasteiger charge is 2.19. The highest BCUT2D eigenvalue weighted by Crippen LogP contribution is 2.28. The predicted molar refractivity (Wildman–Crippen MR) is 95.3 cm³/mol. The van der Waals surface area contributed by atoms with E-state index in [1.54, 1.807) is 19.1 Å². The fourth-order valence-electron chi connectivity index (χ4n) is 1.79. The lowest BCUT2D eigenvalue weighted by Gasteiger charge is -2.11. The lowest BCUT2D eigenvalue weighted by molar-refractivity contribution is -0.136. The standard InChI is InChI=1S/C16H20N4O7/c1-5-27-16(23)13(20-24)9(2)18-19-15(22)14(21)17-11-8-10(25-3)6-7-12(11)26-4/h6-8,24H,5H2,1-4H3,(H,17,21)(H,19,22)/b18-9+,20-13-. The number of hydrogen-bond donors (Lipinski definition) is 3. The van der Waals surface area contributed by atoms with Crippen molar-refractivity contribution in [1.29, 1.82) is 0 Å². The molecule has 0 spiro atoms. The Kier molecular flexibility index (Phi) is 8.23. The smallest absolute Gasteiger partial charge is 0.362 e. The number of rotatable bonds is 7. The highest BCUT2D eigenvalue weighted by atomic mass is 16.5. The Balaban J connectivity index is 2.83. The Bertz CT molecular complexity index is 774. The fraction of sp³-hybridized carbons (Fsp3) is 0.312. The van der Waals surface area contributed by atoms with Gasteiger partial charge in [0.15, 0.2) is 0 Å².